The molecule has 2 radical (unpaired) electrons. The van der Waals surface area contributed by atoms with E-state index < -0.39 is 18.5 Å². The first-order chi connectivity index (χ1) is 5.20. The Kier molecular flexibility index (Phi) is 48.6. The molecular weight excluding hydrogens is 530 g/mol. The Morgan fingerprint density at radius 1 is 0.500 bits per heavy atom. The summed E-state index contributed by atoms with van der Waals surface area (Å²) in [6, 6.07) is 0. The first-order valence-corrected chi connectivity index (χ1v) is 1.95. The van der Waals surface area contributed by atoms with E-state index in [9.17, 15) is 0 Å². The van der Waals surface area contributed by atoms with Crippen LogP contribution in [0.4, 0.5) is 14.4 Å². The minimum absolute atomic E-state index is 0. The number of rotatable bonds is 0. The molecule has 0 rings (SSSR count). The smallest absolute Gasteiger partial charge is 0.450 e. The summed E-state index contributed by atoms with van der Waals surface area (Å²) >= 11 is 0. The molecule has 0 saturated heterocycles. The molecule has 6 N–H and O–H groups in total. The molecular formula is C3H6Lu2O9. The van der Waals surface area contributed by atoms with Crippen molar-refractivity contribution in [1.82, 2.24) is 0 Å². The van der Waals surface area contributed by atoms with Crippen molar-refractivity contribution < 1.29 is 119 Å². The first-order valence-electron chi connectivity index (χ1n) is 1.95. The van der Waals surface area contributed by atoms with Gasteiger partial charge < -0.3 is 30.6 Å². The fourth-order valence-electron chi connectivity index (χ4n) is 0. The number of carbonyl (C=O) groups is 3. The van der Waals surface area contributed by atoms with Crippen molar-refractivity contribution in [3.8, 4) is 0 Å². The molecule has 0 aliphatic rings. The summed E-state index contributed by atoms with van der Waals surface area (Å²) in [4.78, 5) is 25.7. The number of hydrogen-bond acceptors (Lipinski definition) is 3. The molecule has 0 amide bonds. The standard InChI is InChI=1S/3CH2O3.2Lu/c3*2-1(3)4;;/h3*(H2,2,3,4);;. The van der Waals surface area contributed by atoms with Crippen LogP contribution in [0.2, 0.25) is 0 Å². The van der Waals surface area contributed by atoms with E-state index in [0.29, 0.717) is 0 Å². The summed E-state index contributed by atoms with van der Waals surface area (Å²) in [7, 11) is 0. The van der Waals surface area contributed by atoms with Gasteiger partial charge in [0.25, 0.3) is 0 Å². The van der Waals surface area contributed by atoms with Crippen LogP contribution in [0.3, 0.4) is 0 Å². The van der Waals surface area contributed by atoms with E-state index in [2.05, 4.69) is 0 Å². The summed E-state index contributed by atoms with van der Waals surface area (Å²) in [5, 5.41) is 41.8. The van der Waals surface area contributed by atoms with Crippen molar-refractivity contribution in [1.29, 1.82) is 0 Å². The van der Waals surface area contributed by atoms with Gasteiger partial charge in [0.1, 0.15) is 0 Å². The quantitative estimate of drug-likeness (QED) is 0.260. The van der Waals surface area contributed by atoms with Gasteiger partial charge in [-0.25, -0.2) is 14.4 Å². The Hall–Kier alpha value is 0.278. The van der Waals surface area contributed by atoms with Gasteiger partial charge in [-0.15, -0.1) is 0 Å². The molecule has 0 fully saturated rings. The van der Waals surface area contributed by atoms with E-state index in [-0.39, 0.29) is 73.7 Å². The van der Waals surface area contributed by atoms with E-state index in [1.165, 1.54) is 0 Å². The average molecular weight is 536 g/mol. The van der Waals surface area contributed by atoms with E-state index in [1.807, 2.05) is 0 Å². The summed E-state index contributed by atoms with van der Waals surface area (Å²) in [6.07, 6.45) is -5.50. The molecule has 11 heteroatoms. The van der Waals surface area contributed by atoms with E-state index >= 15 is 0 Å². The molecule has 0 unspecified atom stereocenters. The average Bonchev–Trinajstić information content (AvgIpc) is 1.54. The molecule has 9 nitrogen and oxygen atoms in total. The van der Waals surface area contributed by atoms with Crippen LogP contribution in [-0.4, -0.2) is 49.1 Å². The molecule has 0 aromatic carbocycles. The molecule has 0 saturated carbocycles. The van der Waals surface area contributed by atoms with Crippen LogP contribution < -0.4 is 0 Å². The fraction of sp³-hybridized carbons (Fsp3) is 0. The van der Waals surface area contributed by atoms with Gasteiger partial charge in [-0.1, -0.05) is 0 Å². The van der Waals surface area contributed by atoms with Crippen molar-refractivity contribution in [3.05, 3.63) is 0 Å². The largest absolute Gasteiger partial charge is 0.503 e. The maximum atomic E-state index is 8.56. The van der Waals surface area contributed by atoms with Gasteiger partial charge in [-0.05, 0) is 0 Å². The van der Waals surface area contributed by atoms with Crippen LogP contribution in [0.15, 0.2) is 0 Å². The molecule has 0 aromatic heterocycles. The Morgan fingerprint density at radius 3 is 0.500 bits per heavy atom. The third kappa shape index (κ3) is 20300. The second kappa shape index (κ2) is 23.3. The Morgan fingerprint density at radius 2 is 0.500 bits per heavy atom. The Balaban J connectivity index is -0.0000000270. The fourth-order valence-corrected chi connectivity index (χ4v) is 0. The van der Waals surface area contributed by atoms with Crippen LogP contribution in [-0.2, 0) is 0 Å². The summed E-state index contributed by atoms with van der Waals surface area (Å²) < 4.78 is 0. The van der Waals surface area contributed by atoms with Gasteiger partial charge in [0, 0.05) is 73.7 Å². The van der Waals surface area contributed by atoms with Crippen molar-refractivity contribution in [2.45, 2.75) is 0 Å². The molecule has 14 heavy (non-hydrogen) atoms. The van der Waals surface area contributed by atoms with Crippen LogP contribution in [0.25, 0.3) is 0 Å². The molecule has 0 aliphatic heterocycles. The third-order valence-electron chi connectivity index (χ3n) is 0. The van der Waals surface area contributed by atoms with Crippen molar-refractivity contribution >= 4 is 18.5 Å². The third-order valence-corrected chi connectivity index (χ3v) is 0. The number of hydrogen-bond donors (Lipinski definition) is 6. The van der Waals surface area contributed by atoms with Crippen molar-refractivity contribution in [2.24, 2.45) is 0 Å². The van der Waals surface area contributed by atoms with E-state index in [1.54, 1.807) is 0 Å². The van der Waals surface area contributed by atoms with Crippen LogP contribution in [0.1, 0.15) is 0 Å². The SMILES string of the molecule is O=C(O)O.O=C(O)O.O=C(O)O.[Lu].[Lu]. The zero-order valence-corrected chi connectivity index (χ0v) is 9.24. The van der Waals surface area contributed by atoms with Crippen LogP contribution >= 0.6 is 0 Å². The molecule has 102 valence electrons. The molecule has 0 bridgehead atoms. The van der Waals surface area contributed by atoms with Crippen molar-refractivity contribution in [2.75, 3.05) is 0 Å². The van der Waals surface area contributed by atoms with Gasteiger partial charge in [-0.3, -0.25) is 0 Å². The van der Waals surface area contributed by atoms with E-state index in [4.69, 9.17) is 45.0 Å². The van der Waals surface area contributed by atoms with Gasteiger partial charge in [0.05, 0.1) is 0 Å². The van der Waals surface area contributed by atoms with Crippen molar-refractivity contribution in [3.63, 3.8) is 0 Å². The van der Waals surface area contributed by atoms with Crippen LogP contribution in [0.5, 0.6) is 0 Å². The monoisotopic (exact) mass is 536 g/mol. The molecule has 0 aliphatic carbocycles. The van der Waals surface area contributed by atoms with Crippen LogP contribution in [0, 0.1) is 73.7 Å². The molecule has 0 heterocycles. The molecule has 0 atom stereocenters. The number of carboxylic acid groups (broad SMARTS) is 6. The summed E-state index contributed by atoms with van der Waals surface area (Å²) in [5.74, 6) is 0. The van der Waals surface area contributed by atoms with Gasteiger partial charge in [-0.2, -0.15) is 0 Å². The van der Waals surface area contributed by atoms with Gasteiger partial charge >= 0.3 is 18.5 Å². The normalized spacial score (nSPS) is 5.14. The Bertz CT molecular complexity index is 116. The zero-order valence-electron chi connectivity index (χ0n) is 5.92. The zero-order chi connectivity index (χ0) is 10.7. The second-order valence-electron chi connectivity index (χ2n) is 0.848. The minimum atomic E-state index is -1.83. The molecule has 0 aromatic rings. The van der Waals surface area contributed by atoms with Gasteiger partial charge in [0.15, 0.2) is 0 Å². The predicted octanol–water partition coefficient (Wildman–Crippen LogP) is 0.667. The van der Waals surface area contributed by atoms with Gasteiger partial charge in [0.2, 0.25) is 0 Å². The predicted molar refractivity (Wildman–Crippen MR) is 32.0 cm³/mol. The molecule has 0 spiro atoms. The topological polar surface area (TPSA) is 173 Å². The summed E-state index contributed by atoms with van der Waals surface area (Å²) in [6.45, 7) is 0. The first kappa shape index (κ1) is 29.2. The maximum absolute atomic E-state index is 8.56. The Labute approximate surface area is 135 Å². The van der Waals surface area contributed by atoms with E-state index in [0.717, 1.165) is 0 Å². The minimum Gasteiger partial charge on any atom is -0.450 e. The second-order valence-corrected chi connectivity index (χ2v) is 0.848. The summed E-state index contributed by atoms with van der Waals surface area (Å²) in [5.41, 5.74) is 0. The maximum Gasteiger partial charge on any atom is 0.503 e.